The summed E-state index contributed by atoms with van der Waals surface area (Å²) in [5.74, 6) is -2.18. The quantitative estimate of drug-likeness (QED) is 0.838. The van der Waals surface area contributed by atoms with Crippen LogP contribution in [-0.4, -0.2) is 5.91 Å². The number of hydrogen-bond acceptors (Lipinski definition) is 2. The van der Waals surface area contributed by atoms with Gasteiger partial charge in [-0.1, -0.05) is 0 Å². The third-order valence-corrected chi connectivity index (χ3v) is 2.68. The Hall–Kier alpha value is -2.02. The van der Waals surface area contributed by atoms with Crippen LogP contribution >= 0.6 is 11.6 Å². The molecule has 2 aromatic rings. The average molecular weight is 308 g/mol. The second-order valence-corrected chi connectivity index (χ2v) is 4.10. The van der Waals surface area contributed by atoms with Gasteiger partial charge in [-0.3, -0.25) is 4.79 Å². The Balaban J connectivity index is 2.27. The molecule has 106 valence electrons. The van der Waals surface area contributed by atoms with Crippen molar-refractivity contribution in [3.8, 4) is 0 Å². The zero-order valence-electron chi connectivity index (χ0n) is 9.59. The van der Waals surface area contributed by atoms with Crippen molar-refractivity contribution in [3.63, 3.8) is 0 Å². The number of hydrogen-bond donors (Lipinski definition) is 1. The summed E-state index contributed by atoms with van der Waals surface area (Å²) in [6.45, 7) is 0. The molecule has 0 aliphatic carbocycles. The molecule has 2 rings (SSSR count). The number of carbonyl (C=O) groups is 1. The molecule has 1 aromatic heterocycles. The summed E-state index contributed by atoms with van der Waals surface area (Å²) < 4.78 is 55.3. The highest BCUT2D eigenvalue weighted by Gasteiger charge is 2.34. The maximum atomic E-state index is 13.1. The van der Waals surface area contributed by atoms with Gasteiger partial charge >= 0.3 is 6.18 Å². The van der Waals surface area contributed by atoms with Gasteiger partial charge in [0.2, 0.25) is 5.22 Å². The van der Waals surface area contributed by atoms with Crippen molar-refractivity contribution in [2.45, 2.75) is 6.18 Å². The number of nitrogens with one attached hydrogen (secondary N) is 1. The van der Waals surface area contributed by atoms with Gasteiger partial charge in [-0.15, -0.1) is 0 Å². The molecular weight excluding hydrogens is 302 g/mol. The summed E-state index contributed by atoms with van der Waals surface area (Å²) in [7, 11) is 0. The van der Waals surface area contributed by atoms with Crippen LogP contribution in [0.1, 0.15) is 15.9 Å². The van der Waals surface area contributed by atoms with Gasteiger partial charge in [-0.05, 0) is 35.9 Å². The number of rotatable bonds is 2. The van der Waals surface area contributed by atoms with Crippen LogP contribution in [0.2, 0.25) is 5.22 Å². The minimum Gasteiger partial charge on any atom is -0.452 e. The predicted molar refractivity (Wildman–Crippen MR) is 63.1 cm³/mol. The molecule has 3 nitrogen and oxygen atoms in total. The highest BCUT2D eigenvalue weighted by atomic mass is 35.5. The molecule has 0 fully saturated rings. The van der Waals surface area contributed by atoms with E-state index >= 15 is 0 Å². The molecule has 1 aromatic carbocycles. The molecule has 0 bridgehead atoms. The third-order valence-electron chi connectivity index (χ3n) is 2.39. The fourth-order valence-electron chi connectivity index (χ4n) is 1.47. The molecular formula is C12H6ClF4NO2. The first-order chi connectivity index (χ1) is 9.29. The normalized spacial score (nSPS) is 11.4. The van der Waals surface area contributed by atoms with Crippen LogP contribution in [0.4, 0.5) is 23.2 Å². The molecule has 0 atom stereocenters. The van der Waals surface area contributed by atoms with Gasteiger partial charge in [-0.2, -0.15) is 13.2 Å². The summed E-state index contributed by atoms with van der Waals surface area (Å²) >= 11 is 5.56. The van der Waals surface area contributed by atoms with E-state index in [1.165, 1.54) is 6.07 Å². The van der Waals surface area contributed by atoms with E-state index in [4.69, 9.17) is 11.6 Å². The Morgan fingerprint density at radius 3 is 2.50 bits per heavy atom. The highest BCUT2D eigenvalue weighted by Crippen LogP contribution is 2.33. The lowest BCUT2D eigenvalue weighted by molar-refractivity contribution is -0.139. The maximum absolute atomic E-state index is 13.1. The topological polar surface area (TPSA) is 42.2 Å². The minimum atomic E-state index is -4.85. The summed E-state index contributed by atoms with van der Waals surface area (Å²) in [6.07, 6.45) is -3.69. The number of anilines is 1. The number of halogens is 5. The van der Waals surface area contributed by atoms with Crippen molar-refractivity contribution in [3.05, 3.63) is 52.7 Å². The van der Waals surface area contributed by atoms with E-state index in [1.54, 1.807) is 0 Å². The molecule has 0 radical (unpaired) electrons. The van der Waals surface area contributed by atoms with Gasteiger partial charge in [-0.25, -0.2) is 4.39 Å². The number of alkyl halides is 3. The molecule has 0 aliphatic rings. The SMILES string of the molecule is O=C(Nc1ccc(F)c(C(F)(F)F)c1)c1ccoc1Cl. The molecule has 0 saturated carbocycles. The summed E-state index contributed by atoms with van der Waals surface area (Å²) in [5.41, 5.74) is -1.71. The smallest absolute Gasteiger partial charge is 0.419 e. The van der Waals surface area contributed by atoms with Gasteiger partial charge in [0, 0.05) is 5.69 Å². The van der Waals surface area contributed by atoms with Crippen LogP contribution in [0.15, 0.2) is 34.9 Å². The molecule has 0 saturated heterocycles. The third kappa shape index (κ3) is 2.93. The van der Waals surface area contributed by atoms with E-state index in [1.807, 2.05) is 0 Å². The standard InChI is InChI=1S/C12H6ClF4NO2/c13-10-7(3-4-20-10)11(19)18-6-1-2-9(14)8(5-6)12(15,16)17/h1-5H,(H,18,19). The van der Waals surface area contributed by atoms with Gasteiger partial charge in [0.15, 0.2) is 0 Å². The summed E-state index contributed by atoms with van der Waals surface area (Å²) in [6, 6.07) is 3.39. The molecule has 0 unspecified atom stereocenters. The fourth-order valence-corrected chi connectivity index (χ4v) is 1.67. The van der Waals surface area contributed by atoms with Gasteiger partial charge in [0.1, 0.15) is 5.82 Å². The average Bonchev–Trinajstić information content (AvgIpc) is 2.76. The van der Waals surface area contributed by atoms with Crippen LogP contribution < -0.4 is 5.32 Å². The number of benzene rings is 1. The van der Waals surface area contributed by atoms with Crippen molar-refractivity contribution < 1.29 is 26.8 Å². The molecule has 0 spiro atoms. The van der Waals surface area contributed by atoms with Crippen LogP contribution in [-0.2, 0) is 6.18 Å². The van der Waals surface area contributed by atoms with Crippen LogP contribution in [0, 0.1) is 5.82 Å². The zero-order chi connectivity index (χ0) is 14.9. The number of furan rings is 1. The minimum absolute atomic E-state index is 0.0375. The molecule has 1 heterocycles. The molecule has 8 heteroatoms. The van der Waals surface area contributed by atoms with Gasteiger partial charge < -0.3 is 9.73 Å². The first-order valence-corrected chi connectivity index (χ1v) is 5.58. The van der Waals surface area contributed by atoms with E-state index in [0.29, 0.717) is 12.1 Å². The van der Waals surface area contributed by atoms with Gasteiger partial charge in [0.25, 0.3) is 5.91 Å². The Morgan fingerprint density at radius 1 is 1.25 bits per heavy atom. The van der Waals surface area contributed by atoms with Crippen molar-refractivity contribution in [2.24, 2.45) is 0 Å². The van der Waals surface area contributed by atoms with Crippen LogP contribution in [0.25, 0.3) is 0 Å². The number of amides is 1. The predicted octanol–water partition coefficient (Wildman–Crippen LogP) is 4.34. The first kappa shape index (κ1) is 14.4. The first-order valence-electron chi connectivity index (χ1n) is 5.20. The van der Waals surface area contributed by atoms with E-state index in [2.05, 4.69) is 9.73 Å². The van der Waals surface area contributed by atoms with Crippen molar-refractivity contribution in [2.75, 3.05) is 5.32 Å². The lowest BCUT2D eigenvalue weighted by Crippen LogP contribution is -2.14. The van der Waals surface area contributed by atoms with E-state index in [-0.39, 0.29) is 16.5 Å². The fraction of sp³-hybridized carbons (Fsp3) is 0.0833. The van der Waals surface area contributed by atoms with E-state index < -0.39 is 23.5 Å². The van der Waals surface area contributed by atoms with E-state index in [9.17, 15) is 22.4 Å². The van der Waals surface area contributed by atoms with E-state index in [0.717, 1.165) is 12.3 Å². The Kier molecular flexibility index (Phi) is 3.71. The summed E-state index contributed by atoms with van der Waals surface area (Å²) in [5, 5.41) is 1.98. The molecule has 20 heavy (non-hydrogen) atoms. The van der Waals surface area contributed by atoms with Crippen LogP contribution in [0.3, 0.4) is 0 Å². The van der Waals surface area contributed by atoms with Crippen molar-refractivity contribution in [1.82, 2.24) is 0 Å². The van der Waals surface area contributed by atoms with Crippen molar-refractivity contribution >= 4 is 23.2 Å². The monoisotopic (exact) mass is 307 g/mol. The summed E-state index contributed by atoms with van der Waals surface area (Å²) in [4.78, 5) is 11.7. The highest BCUT2D eigenvalue weighted by molar-refractivity contribution is 6.32. The Morgan fingerprint density at radius 2 is 1.95 bits per heavy atom. The van der Waals surface area contributed by atoms with Crippen molar-refractivity contribution in [1.29, 1.82) is 0 Å². The Bertz CT molecular complexity index is 651. The second-order valence-electron chi connectivity index (χ2n) is 3.75. The molecule has 1 amide bonds. The Labute approximate surface area is 115 Å². The number of carbonyl (C=O) groups excluding carboxylic acids is 1. The lowest BCUT2D eigenvalue weighted by atomic mass is 10.1. The maximum Gasteiger partial charge on any atom is 0.419 e. The largest absolute Gasteiger partial charge is 0.452 e. The molecule has 1 N–H and O–H groups in total. The molecule has 0 aliphatic heterocycles. The van der Waals surface area contributed by atoms with Gasteiger partial charge in [0.05, 0.1) is 17.4 Å². The zero-order valence-corrected chi connectivity index (χ0v) is 10.3. The van der Waals surface area contributed by atoms with Crippen LogP contribution in [0.5, 0.6) is 0 Å². The lowest BCUT2D eigenvalue weighted by Gasteiger charge is -2.10. The second kappa shape index (κ2) is 5.16.